The van der Waals surface area contributed by atoms with E-state index in [1.54, 1.807) is 29.2 Å². The van der Waals surface area contributed by atoms with Crippen molar-refractivity contribution < 1.29 is 0 Å². The van der Waals surface area contributed by atoms with Crippen LogP contribution in [0.5, 0.6) is 0 Å². The zero-order valence-electron chi connectivity index (χ0n) is 15.4. The Bertz CT molecular complexity index is 1160. The Balaban J connectivity index is 1.64. The third-order valence-corrected chi connectivity index (χ3v) is 6.35. The van der Waals surface area contributed by atoms with E-state index in [0.717, 1.165) is 50.1 Å². The average molecular weight is 397 g/mol. The third kappa shape index (κ3) is 3.44. The van der Waals surface area contributed by atoms with Crippen LogP contribution in [0.15, 0.2) is 45.7 Å². The zero-order chi connectivity index (χ0) is 19.0. The summed E-state index contributed by atoms with van der Waals surface area (Å²) in [5.74, 6) is 1.54. The summed E-state index contributed by atoms with van der Waals surface area (Å²) in [6.07, 6.45) is 0. The number of hydrogen-bond donors (Lipinski definition) is 1. The van der Waals surface area contributed by atoms with E-state index in [-0.39, 0.29) is 5.43 Å². The molecule has 1 N–H and O–H groups in total. The molecule has 7 heteroatoms. The summed E-state index contributed by atoms with van der Waals surface area (Å²) in [6, 6.07) is 9.81. The van der Waals surface area contributed by atoms with Gasteiger partial charge in [0.25, 0.3) is 0 Å². The maximum atomic E-state index is 12.5. The van der Waals surface area contributed by atoms with Gasteiger partial charge in [0.1, 0.15) is 0 Å². The van der Waals surface area contributed by atoms with Gasteiger partial charge in [0.15, 0.2) is 16.4 Å². The van der Waals surface area contributed by atoms with Gasteiger partial charge in [-0.1, -0.05) is 23.9 Å². The van der Waals surface area contributed by atoms with E-state index < -0.39 is 0 Å². The van der Waals surface area contributed by atoms with Crippen molar-refractivity contribution in [2.75, 3.05) is 0 Å². The summed E-state index contributed by atoms with van der Waals surface area (Å²) in [7, 11) is 0. The number of thioether (sulfide) groups is 1. The molecule has 0 saturated heterocycles. The fraction of sp³-hybridized carbons (Fsp3) is 0.250. The van der Waals surface area contributed by atoms with Gasteiger partial charge in [-0.2, -0.15) is 0 Å². The molecule has 0 fully saturated rings. The number of nitrogens with one attached hydrogen (secondary N) is 1. The molecular weight excluding hydrogens is 376 g/mol. The van der Waals surface area contributed by atoms with Gasteiger partial charge in [0, 0.05) is 29.4 Å². The number of nitrogens with zero attached hydrogens (tertiary/aromatic N) is 3. The lowest BCUT2D eigenvalue weighted by Gasteiger charge is -2.09. The van der Waals surface area contributed by atoms with E-state index in [1.807, 2.05) is 31.4 Å². The number of aromatic nitrogens is 4. The first-order valence-electron chi connectivity index (χ1n) is 8.80. The molecule has 0 aliphatic carbocycles. The highest BCUT2D eigenvalue weighted by Crippen LogP contribution is 2.28. The number of pyridine rings is 1. The van der Waals surface area contributed by atoms with Crippen molar-refractivity contribution in [1.82, 2.24) is 19.7 Å². The van der Waals surface area contributed by atoms with Crippen LogP contribution in [-0.2, 0) is 12.3 Å². The van der Waals surface area contributed by atoms with Crippen LogP contribution in [0.2, 0.25) is 0 Å². The molecule has 138 valence electrons. The fourth-order valence-corrected chi connectivity index (χ4v) is 4.88. The van der Waals surface area contributed by atoms with Crippen molar-refractivity contribution >= 4 is 34.0 Å². The van der Waals surface area contributed by atoms with Crippen molar-refractivity contribution in [2.45, 2.75) is 38.2 Å². The molecule has 4 rings (SSSR count). The molecule has 1 aromatic carbocycles. The second-order valence-electron chi connectivity index (χ2n) is 6.48. The number of benzene rings is 1. The second kappa shape index (κ2) is 7.32. The molecule has 5 nitrogen and oxygen atoms in total. The zero-order valence-corrected chi connectivity index (χ0v) is 17.1. The van der Waals surface area contributed by atoms with Crippen LogP contribution in [0.3, 0.4) is 0 Å². The molecule has 0 spiro atoms. The summed E-state index contributed by atoms with van der Waals surface area (Å²) in [6.45, 7) is 6.94. The molecular formula is C20H20N4OS2. The first kappa shape index (κ1) is 18.0. The fourth-order valence-electron chi connectivity index (χ4n) is 3.25. The first-order valence-corrected chi connectivity index (χ1v) is 10.7. The summed E-state index contributed by atoms with van der Waals surface area (Å²) >= 11 is 3.25. The Kier molecular flexibility index (Phi) is 4.88. The first-order chi connectivity index (χ1) is 13.1. The van der Waals surface area contributed by atoms with Crippen molar-refractivity contribution in [3.63, 3.8) is 0 Å². The van der Waals surface area contributed by atoms with Gasteiger partial charge in [-0.15, -0.1) is 21.5 Å². The molecule has 3 heterocycles. The Morgan fingerprint density at radius 1 is 1.22 bits per heavy atom. The highest BCUT2D eigenvalue weighted by Gasteiger charge is 2.14. The maximum absolute atomic E-state index is 12.5. The molecule has 0 amide bonds. The lowest BCUT2D eigenvalue weighted by atomic mass is 10.1. The quantitative estimate of drug-likeness (QED) is 0.493. The molecule has 0 unspecified atom stereocenters. The van der Waals surface area contributed by atoms with E-state index >= 15 is 0 Å². The summed E-state index contributed by atoms with van der Waals surface area (Å²) in [5, 5.41) is 12.4. The van der Waals surface area contributed by atoms with Crippen LogP contribution >= 0.6 is 23.1 Å². The normalized spacial score (nSPS) is 11.4. The highest BCUT2D eigenvalue weighted by molar-refractivity contribution is 7.98. The molecule has 0 atom stereocenters. The van der Waals surface area contributed by atoms with Gasteiger partial charge in [-0.3, -0.25) is 4.79 Å². The van der Waals surface area contributed by atoms with Crippen molar-refractivity contribution in [1.29, 1.82) is 0 Å². The molecule has 4 aromatic rings. The van der Waals surface area contributed by atoms with Gasteiger partial charge >= 0.3 is 0 Å². The van der Waals surface area contributed by atoms with E-state index in [2.05, 4.69) is 38.8 Å². The number of aromatic amines is 1. The topological polar surface area (TPSA) is 63.6 Å². The maximum Gasteiger partial charge on any atom is 0.191 e. The number of H-pyrrole nitrogens is 1. The number of rotatable bonds is 5. The Morgan fingerprint density at radius 3 is 2.81 bits per heavy atom. The smallest absolute Gasteiger partial charge is 0.191 e. The summed E-state index contributed by atoms with van der Waals surface area (Å²) < 4.78 is 2.12. The van der Waals surface area contributed by atoms with Crippen LogP contribution in [-0.4, -0.2) is 19.7 Å². The molecule has 0 saturated carbocycles. The van der Waals surface area contributed by atoms with Crippen molar-refractivity contribution in [3.8, 4) is 10.7 Å². The number of thiophene rings is 1. The van der Waals surface area contributed by atoms with Gasteiger partial charge in [-0.05, 0) is 49.4 Å². The molecule has 3 aromatic heterocycles. The van der Waals surface area contributed by atoms with Gasteiger partial charge in [0.2, 0.25) is 0 Å². The van der Waals surface area contributed by atoms with E-state index in [4.69, 9.17) is 0 Å². The van der Waals surface area contributed by atoms with Crippen molar-refractivity contribution in [3.05, 3.63) is 62.8 Å². The average Bonchev–Trinajstić information content (AvgIpc) is 3.29. The second-order valence-corrected chi connectivity index (χ2v) is 8.37. The molecule has 27 heavy (non-hydrogen) atoms. The molecule has 0 aliphatic heterocycles. The van der Waals surface area contributed by atoms with Gasteiger partial charge in [0.05, 0.1) is 10.4 Å². The van der Waals surface area contributed by atoms with Crippen LogP contribution in [0.25, 0.3) is 21.6 Å². The predicted octanol–water partition coefficient (Wildman–Crippen LogP) is 4.78. The SMILES string of the molecule is CCn1c(SCc2cc(=O)c3cc(C)cc(C)c3[nH]2)nnc1-c1cccs1. The third-order valence-electron chi connectivity index (χ3n) is 4.47. The summed E-state index contributed by atoms with van der Waals surface area (Å²) in [5.41, 5.74) is 4.06. The standard InChI is InChI=1S/C20H20N4OS2/c1-4-24-19(17-6-5-7-26-17)22-23-20(24)27-11-14-10-16(25)15-9-12(2)8-13(3)18(15)21-14/h5-10H,4,11H2,1-3H3,(H,21,25). The van der Waals surface area contributed by atoms with Crippen LogP contribution in [0, 0.1) is 13.8 Å². The van der Waals surface area contributed by atoms with E-state index in [9.17, 15) is 4.79 Å². The molecule has 0 aliphatic rings. The predicted molar refractivity (Wildman–Crippen MR) is 113 cm³/mol. The molecule has 0 radical (unpaired) electrons. The molecule has 0 bridgehead atoms. The lowest BCUT2D eigenvalue weighted by Crippen LogP contribution is -2.06. The Labute approximate surface area is 165 Å². The van der Waals surface area contributed by atoms with E-state index in [0.29, 0.717) is 5.75 Å². The van der Waals surface area contributed by atoms with Gasteiger partial charge in [-0.25, -0.2) is 0 Å². The number of aryl methyl sites for hydroxylation is 2. The number of fused-ring (bicyclic) bond motifs is 1. The van der Waals surface area contributed by atoms with Crippen LogP contribution in [0.4, 0.5) is 0 Å². The summed E-state index contributed by atoms with van der Waals surface area (Å²) in [4.78, 5) is 17.1. The highest BCUT2D eigenvalue weighted by atomic mass is 32.2. The van der Waals surface area contributed by atoms with E-state index in [1.165, 1.54) is 0 Å². The van der Waals surface area contributed by atoms with Crippen molar-refractivity contribution in [2.24, 2.45) is 0 Å². The van der Waals surface area contributed by atoms with Gasteiger partial charge < -0.3 is 9.55 Å². The minimum atomic E-state index is 0.0578. The Hall–Kier alpha value is -2.38. The van der Waals surface area contributed by atoms with Crippen LogP contribution in [0.1, 0.15) is 23.7 Å². The lowest BCUT2D eigenvalue weighted by molar-refractivity contribution is 0.688. The monoisotopic (exact) mass is 396 g/mol. The minimum Gasteiger partial charge on any atom is -0.357 e. The largest absolute Gasteiger partial charge is 0.357 e. The van der Waals surface area contributed by atoms with Crippen LogP contribution < -0.4 is 5.43 Å². The minimum absolute atomic E-state index is 0.0578. The number of hydrogen-bond acceptors (Lipinski definition) is 5. The Morgan fingerprint density at radius 2 is 2.07 bits per heavy atom.